The number of nitrogens with one attached hydrogen (secondary N) is 1. The topological polar surface area (TPSA) is 12.0 Å². The van der Waals surface area contributed by atoms with E-state index in [1.54, 1.807) is 0 Å². The zero-order valence-corrected chi connectivity index (χ0v) is 13.6. The Labute approximate surface area is 115 Å². The Balaban J connectivity index is 2.56. The van der Waals surface area contributed by atoms with Crippen molar-refractivity contribution in [2.45, 2.75) is 79.7 Å². The van der Waals surface area contributed by atoms with Crippen molar-refractivity contribution in [1.29, 1.82) is 0 Å². The van der Waals surface area contributed by atoms with Crippen LogP contribution in [0.2, 0.25) is 0 Å². The molecule has 0 saturated heterocycles. The summed E-state index contributed by atoms with van der Waals surface area (Å²) < 4.78 is 0. The van der Waals surface area contributed by atoms with Gasteiger partial charge in [0, 0.05) is 6.04 Å². The zero-order valence-electron chi connectivity index (χ0n) is 13.6. The Morgan fingerprint density at radius 3 is 2.39 bits per heavy atom. The highest BCUT2D eigenvalue weighted by atomic mass is 14.9. The molecule has 1 saturated carbocycles. The van der Waals surface area contributed by atoms with Crippen LogP contribution < -0.4 is 5.32 Å². The molecule has 1 aliphatic carbocycles. The van der Waals surface area contributed by atoms with Gasteiger partial charge in [0.25, 0.3) is 0 Å². The second-order valence-electron chi connectivity index (χ2n) is 7.74. The van der Waals surface area contributed by atoms with Gasteiger partial charge >= 0.3 is 0 Å². The van der Waals surface area contributed by atoms with Crippen LogP contribution in [0, 0.1) is 23.2 Å². The number of rotatable bonds is 6. The maximum absolute atomic E-state index is 3.66. The highest BCUT2D eigenvalue weighted by Gasteiger charge is 2.34. The lowest BCUT2D eigenvalue weighted by Gasteiger charge is -2.42. The smallest absolute Gasteiger partial charge is 0.00104 e. The molecule has 3 atom stereocenters. The lowest BCUT2D eigenvalue weighted by Crippen LogP contribution is -2.38. The first-order valence-electron chi connectivity index (χ1n) is 8.07. The van der Waals surface area contributed by atoms with Gasteiger partial charge in [-0.05, 0) is 55.4 Å². The minimum atomic E-state index is 0.576. The Hall–Kier alpha value is -0.0400. The Morgan fingerprint density at radius 2 is 1.83 bits per heavy atom. The van der Waals surface area contributed by atoms with Gasteiger partial charge in [-0.2, -0.15) is 0 Å². The average molecular weight is 253 g/mol. The van der Waals surface area contributed by atoms with Crippen molar-refractivity contribution in [3.05, 3.63) is 0 Å². The molecule has 0 amide bonds. The van der Waals surface area contributed by atoms with Crippen molar-refractivity contribution in [2.75, 3.05) is 6.54 Å². The molecule has 0 bridgehead atoms. The van der Waals surface area contributed by atoms with Gasteiger partial charge in [0.2, 0.25) is 0 Å². The lowest BCUT2D eigenvalue weighted by atomic mass is 9.65. The summed E-state index contributed by atoms with van der Waals surface area (Å²) >= 11 is 0. The molecule has 0 aromatic rings. The fourth-order valence-electron chi connectivity index (χ4n) is 3.41. The minimum Gasteiger partial charge on any atom is -0.314 e. The first-order valence-corrected chi connectivity index (χ1v) is 8.07. The van der Waals surface area contributed by atoms with Crippen LogP contribution in [-0.2, 0) is 0 Å². The summed E-state index contributed by atoms with van der Waals surface area (Å²) in [6.45, 7) is 15.4. The van der Waals surface area contributed by atoms with E-state index >= 15 is 0 Å². The van der Waals surface area contributed by atoms with Crippen LogP contribution in [0.15, 0.2) is 0 Å². The van der Waals surface area contributed by atoms with E-state index in [-0.39, 0.29) is 0 Å². The summed E-state index contributed by atoms with van der Waals surface area (Å²) in [4.78, 5) is 0. The quantitative estimate of drug-likeness (QED) is 0.712. The number of hydrogen-bond donors (Lipinski definition) is 1. The minimum absolute atomic E-state index is 0.576. The van der Waals surface area contributed by atoms with E-state index in [1.165, 1.54) is 38.6 Å². The van der Waals surface area contributed by atoms with E-state index in [0.29, 0.717) is 11.5 Å². The van der Waals surface area contributed by atoms with Gasteiger partial charge in [-0.15, -0.1) is 0 Å². The SMILES string of the molecule is CCC(C)CC1CC(C)(C)CCC1CNC(C)C. The van der Waals surface area contributed by atoms with Gasteiger partial charge in [0.1, 0.15) is 0 Å². The van der Waals surface area contributed by atoms with Gasteiger partial charge in [0.05, 0.1) is 0 Å². The maximum atomic E-state index is 3.66. The molecule has 1 fully saturated rings. The van der Waals surface area contributed by atoms with Crippen molar-refractivity contribution in [1.82, 2.24) is 5.32 Å². The lowest BCUT2D eigenvalue weighted by molar-refractivity contribution is 0.0970. The van der Waals surface area contributed by atoms with Crippen molar-refractivity contribution in [3.8, 4) is 0 Å². The largest absolute Gasteiger partial charge is 0.314 e. The molecule has 0 radical (unpaired) electrons. The summed E-state index contributed by atoms with van der Waals surface area (Å²) in [5, 5.41) is 3.66. The molecular formula is C17H35N. The van der Waals surface area contributed by atoms with Gasteiger partial charge in [-0.1, -0.05) is 48.0 Å². The second-order valence-corrected chi connectivity index (χ2v) is 7.74. The molecule has 0 spiro atoms. The summed E-state index contributed by atoms with van der Waals surface area (Å²) in [6, 6.07) is 0.629. The van der Waals surface area contributed by atoms with Gasteiger partial charge in [0.15, 0.2) is 0 Å². The van der Waals surface area contributed by atoms with Crippen LogP contribution in [-0.4, -0.2) is 12.6 Å². The number of hydrogen-bond acceptors (Lipinski definition) is 1. The average Bonchev–Trinajstić information content (AvgIpc) is 2.26. The molecule has 108 valence electrons. The Morgan fingerprint density at radius 1 is 1.17 bits per heavy atom. The molecule has 1 aliphatic rings. The highest BCUT2D eigenvalue weighted by Crippen LogP contribution is 2.44. The van der Waals surface area contributed by atoms with Crippen LogP contribution in [0.5, 0.6) is 0 Å². The van der Waals surface area contributed by atoms with E-state index < -0.39 is 0 Å². The van der Waals surface area contributed by atoms with Gasteiger partial charge in [-0.3, -0.25) is 0 Å². The molecule has 0 aliphatic heterocycles. The summed E-state index contributed by atoms with van der Waals surface area (Å²) in [7, 11) is 0. The standard InChI is InChI=1S/C17H35N/c1-7-14(4)10-16-11-17(5,6)9-8-15(16)12-18-13(2)3/h13-16,18H,7-12H2,1-6H3. The molecule has 1 heteroatoms. The molecule has 0 aromatic heterocycles. The van der Waals surface area contributed by atoms with E-state index in [0.717, 1.165) is 17.8 Å². The van der Waals surface area contributed by atoms with Crippen molar-refractivity contribution >= 4 is 0 Å². The summed E-state index contributed by atoms with van der Waals surface area (Å²) in [5.41, 5.74) is 0.576. The van der Waals surface area contributed by atoms with Crippen LogP contribution in [0.4, 0.5) is 0 Å². The Bertz CT molecular complexity index is 230. The first kappa shape index (κ1) is 16.0. The van der Waals surface area contributed by atoms with Crippen molar-refractivity contribution in [2.24, 2.45) is 23.2 Å². The van der Waals surface area contributed by atoms with Crippen LogP contribution in [0.1, 0.15) is 73.6 Å². The predicted molar refractivity (Wildman–Crippen MR) is 81.8 cm³/mol. The van der Waals surface area contributed by atoms with Crippen LogP contribution in [0.3, 0.4) is 0 Å². The maximum Gasteiger partial charge on any atom is 0.00104 e. The zero-order chi connectivity index (χ0) is 13.8. The molecule has 0 aromatic carbocycles. The molecule has 1 rings (SSSR count). The monoisotopic (exact) mass is 253 g/mol. The first-order chi connectivity index (χ1) is 8.34. The van der Waals surface area contributed by atoms with Gasteiger partial charge < -0.3 is 5.32 Å². The van der Waals surface area contributed by atoms with E-state index in [1.807, 2.05) is 0 Å². The van der Waals surface area contributed by atoms with E-state index in [4.69, 9.17) is 0 Å². The third-order valence-electron chi connectivity index (χ3n) is 4.86. The molecular weight excluding hydrogens is 218 g/mol. The van der Waals surface area contributed by atoms with Crippen LogP contribution >= 0.6 is 0 Å². The fourth-order valence-corrected chi connectivity index (χ4v) is 3.41. The second kappa shape index (κ2) is 6.93. The van der Waals surface area contributed by atoms with Crippen molar-refractivity contribution < 1.29 is 0 Å². The third-order valence-corrected chi connectivity index (χ3v) is 4.86. The van der Waals surface area contributed by atoms with E-state index in [9.17, 15) is 0 Å². The summed E-state index contributed by atoms with van der Waals surface area (Å²) in [6.07, 6.45) is 7.04. The van der Waals surface area contributed by atoms with Gasteiger partial charge in [-0.25, -0.2) is 0 Å². The van der Waals surface area contributed by atoms with Crippen LogP contribution in [0.25, 0.3) is 0 Å². The highest BCUT2D eigenvalue weighted by molar-refractivity contribution is 4.86. The Kier molecular flexibility index (Phi) is 6.17. The summed E-state index contributed by atoms with van der Waals surface area (Å²) in [5.74, 6) is 2.75. The molecule has 18 heavy (non-hydrogen) atoms. The van der Waals surface area contributed by atoms with E-state index in [2.05, 4.69) is 46.9 Å². The molecule has 1 nitrogen and oxygen atoms in total. The third kappa shape index (κ3) is 5.30. The fraction of sp³-hybridized carbons (Fsp3) is 1.00. The predicted octanol–water partition coefficient (Wildman–Crippen LogP) is 4.86. The molecule has 0 heterocycles. The molecule has 3 unspecified atom stereocenters. The van der Waals surface area contributed by atoms with Crippen molar-refractivity contribution in [3.63, 3.8) is 0 Å². The normalized spacial score (nSPS) is 29.5. The molecule has 1 N–H and O–H groups in total.